The van der Waals surface area contributed by atoms with Gasteiger partial charge in [-0.2, -0.15) is 0 Å². The summed E-state index contributed by atoms with van der Waals surface area (Å²) in [5.41, 5.74) is -0.0677. The summed E-state index contributed by atoms with van der Waals surface area (Å²) in [6.45, 7) is 3.10. The maximum Gasteiger partial charge on any atom is 0.147 e. The maximum atomic E-state index is 9.80. The van der Waals surface area contributed by atoms with Gasteiger partial charge in [0.1, 0.15) is 5.82 Å². The van der Waals surface area contributed by atoms with Gasteiger partial charge < -0.3 is 15.1 Å². The summed E-state index contributed by atoms with van der Waals surface area (Å²) < 4.78 is 0. The van der Waals surface area contributed by atoms with Crippen LogP contribution < -0.4 is 4.90 Å². The van der Waals surface area contributed by atoms with Gasteiger partial charge in [0, 0.05) is 13.1 Å². The molecule has 1 aromatic rings. The molecule has 2 rings (SSSR count). The first-order valence-electron chi connectivity index (χ1n) is 5.00. The van der Waals surface area contributed by atoms with Crippen molar-refractivity contribution in [2.24, 2.45) is 0 Å². The SMILES string of the molecule is CC1(O)CCN(c2cnc(CO)cn2)C1. The smallest absolute Gasteiger partial charge is 0.147 e. The second-order valence-corrected chi connectivity index (χ2v) is 4.19. The number of anilines is 1. The Morgan fingerprint density at radius 2 is 2.27 bits per heavy atom. The molecule has 0 bridgehead atoms. The minimum Gasteiger partial charge on any atom is -0.390 e. The molecule has 2 N–H and O–H groups in total. The van der Waals surface area contributed by atoms with Crippen molar-refractivity contribution < 1.29 is 10.2 Å². The predicted molar refractivity (Wildman–Crippen MR) is 55.4 cm³/mol. The highest BCUT2D eigenvalue weighted by molar-refractivity contribution is 5.38. The van der Waals surface area contributed by atoms with Crippen molar-refractivity contribution in [1.29, 1.82) is 0 Å². The number of aliphatic hydroxyl groups is 2. The molecule has 82 valence electrons. The molecule has 0 aliphatic carbocycles. The number of β-amino-alcohol motifs (C(OH)–C–C–N with tert-alkyl or cyclic N) is 1. The first kappa shape index (κ1) is 10.3. The predicted octanol–water partition coefficient (Wildman–Crippen LogP) is -0.0700. The molecule has 0 amide bonds. The fourth-order valence-electron chi connectivity index (χ4n) is 1.73. The fourth-order valence-corrected chi connectivity index (χ4v) is 1.73. The van der Waals surface area contributed by atoms with Crippen molar-refractivity contribution in [3.63, 3.8) is 0 Å². The van der Waals surface area contributed by atoms with Crippen molar-refractivity contribution in [2.75, 3.05) is 18.0 Å². The van der Waals surface area contributed by atoms with Crippen LogP contribution in [-0.4, -0.2) is 38.9 Å². The molecule has 1 atom stereocenters. The van der Waals surface area contributed by atoms with Gasteiger partial charge in [-0.1, -0.05) is 0 Å². The lowest BCUT2D eigenvalue weighted by atomic mass is 10.1. The normalized spacial score (nSPS) is 25.9. The van der Waals surface area contributed by atoms with E-state index in [1.165, 1.54) is 0 Å². The summed E-state index contributed by atoms with van der Waals surface area (Å²) in [7, 11) is 0. The number of hydrogen-bond donors (Lipinski definition) is 2. The summed E-state index contributed by atoms with van der Waals surface area (Å²) in [5.74, 6) is 0.755. The van der Waals surface area contributed by atoms with Crippen LogP contribution in [0.25, 0.3) is 0 Å². The van der Waals surface area contributed by atoms with E-state index in [1.54, 1.807) is 12.4 Å². The zero-order valence-electron chi connectivity index (χ0n) is 8.72. The molecule has 1 aromatic heterocycles. The first-order valence-corrected chi connectivity index (χ1v) is 5.00. The standard InChI is InChI=1S/C10H15N3O2/c1-10(15)2-3-13(7-10)9-5-11-8(6-14)4-12-9/h4-5,14-15H,2-3,6-7H2,1H3. The Hall–Kier alpha value is -1.20. The molecule has 15 heavy (non-hydrogen) atoms. The highest BCUT2D eigenvalue weighted by Gasteiger charge is 2.31. The fraction of sp³-hybridized carbons (Fsp3) is 0.600. The van der Waals surface area contributed by atoms with E-state index >= 15 is 0 Å². The molecule has 5 nitrogen and oxygen atoms in total. The summed E-state index contributed by atoms with van der Waals surface area (Å²) in [6, 6.07) is 0. The second-order valence-electron chi connectivity index (χ2n) is 4.19. The summed E-state index contributed by atoms with van der Waals surface area (Å²) in [4.78, 5) is 10.2. The van der Waals surface area contributed by atoms with Gasteiger partial charge in [-0.15, -0.1) is 0 Å². The Labute approximate surface area is 88.4 Å². The van der Waals surface area contributed by atoms with E-state index in [1.807, 2.05) is 11.8 Å². The Morgan fingerprint density at radius 1 is 1.47 bits per heavy atom. The zero-order chi connectivity index (χ0) is 10.9. The third-order valence-corrected chi connectivity index (χ3v) is 2.63. The average molecular weight is 209 g/mol. The van der Waals surface area contributed by atoms with Gasteiger partial charge in [0.05, 0.1) is 30.3 Å². The molecule has 0 aromatic carbocycles. The highest BCUT2D eigenvalue weighted by atomic mass is 16.3. The number of nitrogens with zero attached hydrogens (tertiary/aromatic N) is 3. The van der Waals surface area contributed by atoms with E-state index in [0.717, 1.165) is 18.8 Å². The topological polar surface area (TPSA) is 69.5 Å². The Kier molecular flexibility index (Phi) is 2.58. The van der Waals surface area contributed by atoms with Gasteiger partial charge in [-0.05, 0) is 13.3 Å². The largest absolute Gasteiger partial charge is 0.390 e. The van der Waals surface area contributed by atoms with Gasteiger partial charge in [-0.25, -0.2) is 4.98 Å². The molecule has 0 saturated carbocycles. The Balaban J connectivity index is 2.11. The molecule has 1 fully saturated rings. The quantitative estimate of drug-likeness (QED) is 0.713. The van der Waals surface area contributed by atoms with Gasteiger partial charge in [0.15, 0.2) is 0 Å². The van der Waals surface area contributed by atoms with E-state index in [4.69, 9.17) is 5.11 Å². The molecule has 2 heterocycles. The Morgan fingerprint density at radius 3 is 2.73 bits per heavy atom. The molecule has 1 saturated heterocycles. The van der Waals surface area contributed by atoms with E-state index in [2.05, 4.69) is 9.97 Å². The maximum absolute atomic E-state index is 9.80. The average Bonchev–Trinajstić information content (AvgIpc) is 2.59. The van der Waals surface area contributed by atoms with Crippen LogP contribution in [-0.2, 0) is 6.61 Å². The van der Waals surface area contributed by atoms with Crippen LogP contribution in [0, 0.1) is 0 Å². The molecule has 1 unspecified atom stereocenters. The molecule has 1 aliphatic heterocycles. The lowest BCUT2D eigenvalue weighted by molar-refractivity contribution is 0.0839. The molecular weight excluding hydrogens is 194 g/mol. The van der Waals surface area contributed by atoms with Crippen LogP contribution in [0.3, 0.4) is 0 Å². The third-order valence-electron chi connectivity index (χ3n) is 2.63. The van der Waals surface area contributed by atoms with Crippen molar-refractivity contribution in [3.8, 4) is 0 Å². The van der Waals surface area contributed by atoms with Gasteiger partial charge >= 0.3 is 0 Å². The molecule has 0 radical (unpaired) electrons. The van der Waals surface area contributed by atoms with Crippen LogP contribution in [0.5, 0.6) is 0 Å². The van der Waals surface area contributed by atoms with E-state index in [-0.39, 0.29) is 6.61 Å². The minimum atomic E-state index is -0.628. The van der Waals surface area contributed by atoms with Crippen LogP contribution in [0.4, 0.5) is 5.82 Å². The van der Waals surface area contributed by atoms with E-state index < -0.39 is 5.60 Å². The number of rotatable bonds is 2. The number of hydrogen-bond acceptors (Lipinski definition) is 5. The number of aromatic nitrogens is 2. The minimum absolute atomic E-state index is 0.0923. The van der Waals surface area contributed by atoms with Crippen molar-refractivity contribution in [3.05, 3.63) is 18.1 Å². The Bertz CT molecular complexity index is 337. The van der Waals surface area contributed by atoms with Gasteiger partial charge in [-0.3, -0.25) is 4.98 Å². The number of aliphatic hydroxyl groups excluding tert-OH is 1. The van der Waals surface area contributed by atoms with Crippen LogP contribution in [0.2, 0.25) is 0 Å². The van der Waals surface area contributed by atoms with E-state index in [9.17, 15) is 5.11 Å². The molecular formula is C10H15N3O2. The summed E-state index contributed by atoms with van der Waals surface area (Å²) in [5, 5.41) is 18.6. The lowest BCUT2D eigenvalue weighted by Gasteiger charge is -2.19. The van der Waals surface area contributed by atoms with Crippen LogP contribution >= 0.6 is 0 Å². The van der Waals surface area contributed by atoms with E-state index in [0.29, 0.717) is 12.2 Å². The summed E-state index contributed by atoms with van der Waals surface area (Å²) >= 11 is 0. The molecule has 1 aliphatic rings. The highest BCUT2D eigenvalue weighted by Crippen LogP contribution is 2.24. The monoisotopic (exact) mass is 209 g/mol. The summed E-state index contributed by atoms with van der Waals surface area (Å²) in [6.07, 6.45) is 3.94. The third kappa shape index (κ3) is 2.24. The van der Waals surface area contributed by atoms with Crippen molar-refractivity contribution >= 4 is 5.82 Å². The van der Waals surface area contributed by atoms with Crippen LogP contribution in [0.1, 0.15) is 19.0 Å². The first-order chi connectivity index (χ1) is 7.11. The molecule has 0 spiro atoms. The van der Waals surface area contributed by atoms with Crippen molar-refractivity contribution in [1.82, 2.24) is 9.97 Å². The van der Waals surface area contributed by atoms with Gasteiger partial charge in [0.2, 0.25) is 0 Å². The zero-order valence-corrected chi connectivity index (χ0v) is 8.72. The van der Waals surface area contributed by atoms with Gasteiger partial charge in [0.25, 0.3) is 0 Å². The molecule has 5 heteroatoms. The van der Waals surface area contributed by atoms with Crippen LogP contribution in [0.15, 0.2) is 12.4 Å². The van der Waals surface area contributed by atoms with Crippen molar-refractivity contribution in [2.45, 2.75) is 25.6 Å². The second kappa shape index (κ2) is 3.75. The lowest BCUT2D eigenvalue weighted by Crippen LogP contribution is -2.30.